The topological polar surface area (TPSA) is 12.0 Å². The largest absolute Gasteiger partial charge is 0.316 e. The predicted molar refractivity (Wildman–Crippen MR) is 72.3 cm³/mol. The van der Waals surface area contributed by atoms with Crippen molar-refractivity contribution < 1.29 is 4.39 Å². The molecule has 0 saturated heterocycles. The van der Waals surface area contributed by atoms with Crippen molar-refractivity contribution in [2.75, 3.05) is 7.05 Å². The monoisotopic (exact) mass is 293 g/mol. The Kier molecular flexibility index (Phi) is 3.92. The predicted octanol–water partition coefficient (Wildman–Crippen LogP) is 3.97. The zero-order valence-corrected chi connectivity index (χ0v) is 11.1. The summed E-state index contributed by atoms with van der Waals surface area (Å²) < 4.78 is 14.8. The van der Waals surface area contributed by atoms with Crippen LogP contribution in [0.15, 0.2) is 46.9 Å². The maximum absolute atomic E-state index is 13.8. The zero-order chi connectivity index (χ0) is 12.3. The molecule has 0 aromatic heterocycles. The molecule has 0 aliphatic heterocycles. The van der Waals surface area contributed by atoms with Crippen LogP contribution in [0.1, 0.15) is 5.56 Å². The molecule has 2 aromatic carbocycles. The van der Waals surface area contributed by atoms with Gasteiger partial charge < -0.3 is 5.32 Å². The molecule has 88 valence electrons. The second kappa shape index (κ2) is 5.43. The highest BCUT2D eigenvalue weighted by Gasteiger charge is 2.04. The average Bonchev–Trinajstić information content (AvgIpc) is 2.32. The quantitative estimate of drug-likeness (QED) is 0.903. The van der Waals surface area contributed by atoms with Gasteiger partial charge in [-0.2, -0.15) is 0 Å². The third-order valence-electron chi connectivity index (χ3n) is 2.58. The molecule has 0 heterocycles. The molecule has 0 spiro atoms. The van der Waals surface area contributed by atoms with Crippen molar-refractivity contribution >= 4 is 15.9 Å². The van der Waals surface area contributed by atoms with Gasteiger partial charge in [0.2, 0.25) is 0 Å². The van der Waals surface area contributed by atoms with Gasteiger partial charge in [-0.25, -0.2) is 4.39 Å². The van der Waals surface area contributed by atoms with Gasteiger partial charge in [0.1, 0.15) is 5.82 Å². The first-order valence-electron chi connectivity index (χ1n) is 5.39. The Labute approximate surface area is 109 Å². The molecule has 1 N–H and O–H groups in total. The second-order valence-electron chi connectivity index (χ2n) is 3.85. The van der Waals surface area contributed by atoms with Gasteiger partial charge in [-0.1, -0.05) is 40.2 Å². The molecule has 0 bridgehead atoms. The molecule has 3 heteroatoms. The van der Waals surface area contributed by atoms with E-state index in [0.29, 0.717) is 12.1 Å². The van der Waals surface area contributed by atoms with Gasteiger partial charge in [-0.05, 0) is 36.4 Å². The molecular weight excluding hydrogens is 281 g/mol. The molecule has 2 aromatic rings. The number of benzene rings is 2. The van der Waals surface area contributed by atoms with Crippen molar-refractivity contribution in [3.05, 3.63) is 58.3 Å². The maximum atomic E-state index is 13.8. The van der Waals surface area contributed by atoms with Crippen LogP contribution in [0, 0.1) is 5.82 Å². The molecular formula is C14H13BrFN. The Morgan fingerprint density at radius 1 is 1.12 bits per heavy atom. The molecule has 0 unspecified atom stereocenters. The van der Waals surface area contributed by atoms with E-state index in [1.54, 1.807) is 6.07 Å². The van der Waals surface area contributed by atoms with E-state index in [9.17, 15) is 4.39 Å². The molecule has 0 fully saturated rings. The Morgan fingerprint density at radius 3 is 2.53 bits per heavy atom. The van der Waals surface area contributed by atoms with Crippen molar-refractivity contribution in [1.29, 1.82) is 0 Å². The van der Waals surface area contributed by atoms with Gasteiger partial charge in [0.05, 0.1) is 0 Å². The fourth-order valence-electron chi connectivity index (χ4n) is 1.73. The van der Waals surface area contributed by atoms with Gasteiger partial charge >= 0.3 is 0 Å². The summed E-state index contributed by atoms with van der Waals surface area (Å²) in [7, 11) is 1.81. The van der Waals surface area contributed by atoms with E-state index in [0.717, 1.165) is 15.6 Å². The summed E-state index contributed by atoms with van der Waals surface area (Å²) in [6.07, 6.45) is 0. The van der Waals surface area contributed by atoms with Crippen LogP contribution in [-0.2, 0) is 6.54 Å². The minimum absolute atomic E-state index is 0.170. The standard InChI is InChI=1S/C14H13BrFN/c1-17-9-12-6-5-11(8-14(12)16)10-3-2-4-13(15)7-10/h2-8,17H,9H2,1H3. The lowest BCUT2D eigenvalue weighted by Crippen LogP contribution is -2.06. The van der Waals surface area contributed by atoms with Crippen LogP contribution >= 0.6 is 15.9 Å². The summed E-state index contributed by atoms with van der Waals surface area (Å²) in [4.78, 5) is 0. The first kappa shape index (κ1) is 12.3. The van der Waals surface area contributed by atoms with Gasteiger partial charge in [-0.3, -0.25) is 0 Å². The highest BCUT2D eigenvalue weighted by molar-refractivity contribution is 9.10. The van der Waals surface area contributed by atoms with Gasteiger partial charge in [0.25, 0.3) is 0 Å². The van der Waals surface area contributed by atoms with E-state index in [2.05, 4.69) is 21.2 Å². The van der Waals surface area contributed by atoms with E-state index in [1.165, 1.54) is 0 Å². The van der Waals surface area contributed by atoms with Crippen molar-refractivity contribution in [3.63, 3.8) is 0 Å². The molecule has 0 atom stereocenters. The van der Waals surface area contributed by atoms with E-state index >= 15 is 0 Å². The number of rotatable bonds is 3. The van der Waals surface area contributed by atoms with Gasteiger partial charge in [-0.15, -0.1) is 0 Å². The van der Waals surface area contributed by atoms with Crippen LogP contribution < -0.4 is 5.32 Å². The van der Waals surface area contributed by atoms with E-state index in [-0.39, 0.29) is 5.82 Å². The lowest BCUT2D eigenvalue weighted by molar-refractivity contribution is 0.601. The minimum atomic E-state index is -0.170. The van der Waals surface area contributed by atoms with Gasteiger partial charge in [0.15, 0.2) is 0 Å². The fourth-order valence-corrected chi connectivity index (χ4v) is 2.13. The highest BCUT2D eigenvalue weighted by atomic mass is 79.9. The molecule has 0 aliphatic rings. The minimum Gasteiger partial charge on any atom is -0.316 e. The number of nitrogens with one attached hydrogen (secondary N) is 1. The first-order chi connectivity index (χ1) is 8.20. The average molecular weight is 294 g/mol. The fraction of sp³-hybridized carbons (Fsp3) is 0.143. The molecule has 2 rings (SSSR count). The summed E-state index contributed by atoms with van der Waals surface area (Å²) in [6.45, 7) is 0.546. The molecule has 0 aliphatic carbocycles. The molecule has 0 saturated carbocycles. The number of halogens is 2. The molecule has 0 radical (unpaired) electrons. The molecule has 17 heavy (non-hydrogen) atoms. The van der Waals surface area contributed by atoms with Crippen LogP contribution in [-0.4, -0.2) is 7.05 Å². The lowest BCUT2D eigenvalue weighted by atomic mass is 10.0. The van der Waals surface area contributed by atoms with Crippen molar-refractivity contribution in [1.82, 2.24) is 5.32 Å². The van der Waals surface area contributed by atoms with Crippen LogP contribution in [0.2, 0.25) is 0 Å². The Hall–Kier alpha value is -1.19. The van der Waals surface area contributed by atoms with E-state index in [4.69, 9.17) is 0 Å². The van der Waals surface area contributed by atoms with Crippen molar-refractivity contribution in [3.8, 4) is 11.1 Å². The first-order valence-corrected chi connectivity index (χ1v) is 6.19. The third kappa shape index (κ3) is 2.93. The van der Waals surface area contributed by atoms with E-state index in [1.807, 2.05) is 43.4 Å². The van der Waals surface area contributed by atoms with Crippen molar-refractivity contribution in [2.45, 2.75) is 6.54 Å². The maximum Gasteiger partial charge on any atom is 0.128 e. The third-order valence-corrected chi connectivity index (χ3v) is 3.07. The summed E-state index contributed by atoms with van der Waals surface area (Å²) in [5.41, 5.74) is 2.59. The van der Waals surface area contributed by atoms with Gasteiger partial charge in [0, 0.05) is 16.6 Å². The number of hydrogen-bond acceptors (Lipinski definition) is 1. The van der Waals surface area contributed by atoms with Crippen LogP contribution in [0.4, 0.5) is 4.39 Å². The summed E-state index contributed by atoms with van der Waals surface area (Å²) in [5.74, 6) is -0.170. The van der Waals surface area contributed by atoms with Crippen LogP contribution in [0.25, 0.3) is 11.1 Å². The van der Waals surface area contributed by atoms with Crippen LogP contribution in [0.5, 0.6) is 0 Å². The second-order valence-corrected chi connectivity index (χ2v) is 4.76. The summed E-state index contributed by atoms with van der Waals surface area (Å²) >= 11 is 3.41. The summed E-state index contributed by atoms with van der Waals surface area (Å²) in [6, 6.07) is 13.2. The van der Waals surface area contributed by atoms with Crippen LogP contribution in [0.3, 0.4) is 0 Å². The highest BCUT2D eigenvalue weighted by Crippen LogP contribution is 2.24. The zero-order valence-electron chi connectivity index (χ0n) is 9.50. The van der Waals surface area contributed by atoms with E-state index < -0.39 is 0 Å². The molecule has 0 amide bonds. The normalized spacial score (nSPS) is 10.5. The Bertz CT molecular complexity index is 525. The lowest BCUT2D eigenvalue weighted by Gasteiger charge is -2.06. The smallest absolute Gasteiger partial charge is 0.128 e. The Morgan fingerprint density at radius 2 is 1.88 bits per heavy atom. The number of hydrogen-bond donors (Lipinski definition) is 1. The summed E-state index contributed by atoms with van der Waals surface area (Å²) in [5, 5.41) is 2.95. The van der Waals surface area contributed by atoms with Crippen molar-refractivity contribution in [2.24, 2.45) is 0 Å². The Balaban J connectivity index is 2.37. The molecule has 1 nitrogen and oxygen atoms in total. The SMILES string of the molecule is CNCc1ccc(-c2cccc(Br)c2)cc1F.